The summed E-state index contributed by atoms with van der Waals surface area (Å²) in [6.45, 7) is 0.181. The summed E-state index contributed by atoms with van der Waals surface area (Å²) in [6.07, 6.45) is -30.0. The molecule has 0 bridgehead atoms. The summed E-state index contributed by atoms with van der Waals surface area (Å²) in [5.74, 6) is 0. The summed E-state index contributed by atoms with van der Waals surface area (Å²) < 4.78 is 146. The van der Waals surface area contributed by atoms with Crippen molar-refractivity contribution in [3.63, 3.8) is 0 Å². The average Bonchev–Trinajstić information content (AvgIpc) is 2.96. The summed E-state index contributed by atoms with van der Waals surface area (Å²) in [4.78, 5) is 0. The molecule has 15 atom stereocenters. The van der Waals surface area contributed by atoms with Crippen molar-refractivity contribution in [2.45, 2.75) is 112 Å². The normalized spacial score (nSPS) is 39.2. The molecule has 3 aliphatic rings. The van der Waals surface area contributed by atoms with Crippen LogP contribution in [0.4, 0.5) is 0 Å². The van der Waals surface area contributed by atoms with Crippen LogP contribution in [0.25, 0.3) is 0 Å². The van der Waals surface area contributed by atoms with Gasteiger partial charge in [-0.1, -0.05) is 6.92 Å². The first-order valence-corrected chi connectivity index (χ1v) is 17.8. The van der Waals surface area contributed by atoms with Gasteiger partial charge < -0.3 is 72.7 Å². The largest absolute Gasteiger partial charge is 1.00 e. The Morgan fingerprint density at radius 1 is 0.569 bits per heavy atom. The van der Waals surface area contributed by atoms with Crippen LogP contribution in [0.3, 0.4) is 0 Å². The minimum Gasteiger partial charge on any atom is -0.726 e. The molecule has 6 N–H and O–H groups in total. The maximum Gasteiger partial charge on any atom is 1.00 e. The maximum atomic E-state index is 11.4. The van der Waals surface area contributed by atoms with Gasteiger partial charge in [0.05, 0.1) is 19.3 Å². The van der Waals surface area contributed by atoms with Crippen molar-refractivity contribution >= 4 is 31.2 Å². The molecular formula is C21H35Na3O24S3. The van der Waals surface area contributed by atoms with Gasteiger partial charge in [0.1, 0.15) is 67.1 Å². The van der Waals surface area contributed by atoms with Gasteiger partial charge in [0.25, 0.3) is 0 Å². The van der Waals surface area contributed by atoms with E-state index in [4.69, 9.17) is 28.4 Å². The van der Waals surface area contributed by atoms with E-state index in [1.807, 2.05) is 0 Å². The molecule has 0 aromatic heterocycles. The van der Waals surface area contributed by atoms with Crippen LogP contribution < -0.4 is 88.7 Å². The average molecular weight is 837 g/mol. The SMILES string of the molecule is CCCO[C@@H]1O[C@H](COS(=O)(=O)[O-])[C@@H](O[C@@H]2O[C@H](COS(=O)(=O)[O-])[C@H](O)[C@H](OS(=O)(=O)[O-])[C@H]2O)[C@H](O[C@@H]2O[C@@H](C)[C@@H](O)[C@@H](O)[C@@H]2O)[C@H]1O.[Na+].[Na+].[Na+]. The maximum absolute atomic E-state index is 11.4. The molecule has 0 aliphatic carbocycles. The zero-order valence-electron chi connectivity index (χ0n) is 27.7. The molecule has 0 amide bonds. The molecule has 30 heteroatoms. The second-order valence-corrected chi connectivity index (χ2v) is 13.8. The summed E-state index contributed by atoms with van der Waals surface area (Å²) in [7, 11) is -16.7. The Hall–Kier alpha value is 2.13. The van der Waals surface area contributed by atoms with Gasteiger partial charge in [-0.05, 0) is 13.3 Å². The molecule has 0 radical (unpaired) electrons. The van der Waals surface area contributed by atoms with Gasteiger partial charge in [-0.25, -0.2) is 25.3 Å². The van der Waals surface area contributed by atoms with Gasteiger partial charge in [0.15, 0.2) is 18.9 Å². The number of aliphatic hydroxyl groups excluding tert-OH is 6. The molecule has 51 heavy (non-hydrogen) atoms. The van der Waals surface area contributed by atoms with E-state index in [0.29, 0.717) is 6.42 Å². The van der Waals surface area contributed by atoms with Crippen LogP contribution in [0.2, 0.25) is 0 Å². The first kappa shape index (κ1) is 53.1. The molecule has 3 heterocycles. The van der Waals surface area contributed by atoms with Gasteiger partial charge >= 0.3 is 88.7 Å². The predicted molar refractivity (Wildman–Crippen MR) is 140 cm³/mol. The summed E-state index contributed by atoms with van der Waals surface area (Å²) in [5, 5.41) is 63.4. The monoisotopic (exact) mass is 836 g/mol. The van der Waals surface area contributed by atoms with E-state index >= 15 is 0 Å². The fraction of sp³-hybridized carbons (Fsp3) is 1.00. The second-order valence-electron chi connectivity index (χ2n) is 10.7. The Bertz CT molecular complexity index is 1380. The van der Waals surface area contributed by atoms with E-state index in [9.17, 15) is 69.6 Å². The summed E-state index contributed by atoms with van der Waals surface area (Å²) in [6, 6.07) is 0. The van der Waals surface area contributed by atoms with Crippen molar-refractivity contribution in [1.82, 2.24) is 0 Å². The van der Waals surface area contributed by atoms with Gasteiger partial charge in [-0.2, -0.15) is 0 Å². The summed E-state index contributed by atoms with van der Waals surface area (Å²) >= 11 is 0. The Morgan fingerprint density at radius 3 is 1.55 bits per heavy atom. The zero-order valence-corrected chi connectivity index (χ0v) is 36.2. The molecule has 284 valence electrons. The van der Waals surface area contributed by atoms with Crippen LogP contribution in [0.5, 0.6) is 0 Å². The van der Waals surface area contributed by atoms with Crippen LogP contribution in [-0.4, -0.2) is 181 Å². The smallest absolute Gasteiger partial charge is 0.726 e. The van der Waals surface area contributed by atoms with E-state index in [1.54, 1.807) is 6.92 Å². The van der Waals surface area contributed by atoms with Gasteiger partial charge in [-0.15, -0.1) is 0 Å². The molecule has 0 spiro atoms. The molecular weight excluding hydrogens is 801 g/mol. The van der Waals surface area contributed by atoms with Crippen LogP contribution in [0, 0.1) is 0 Å². The Morgan fingerprint density at radius 2 is 1.04 bits per heavy atom. The molecule has 3 saturated heterocycles. The Balaban J connectivity index is 0.00000833. The number of hydrogen-bond donors (Lipinski definition) is 6. The van der Waals surface area contributed by atoms with Crippen LogP contribution in [-0.2, 0) is 72.2 Å². The van der Waals surface area contributed by atoms with Crippen LogP contribution >= 0.6 is 0 Å². The molecule has 0 unspecified atom stereocenters. The van der Waals surface area contributed by atoms with E-state index in [-0.39, 0.29) is 95.3 Å². The first-order chi connectivity index (χ1) is 22.0. The number of aliphatic hydroxyl groups is 6. The fourth-order valence-corrected chi connectivity index (χ4v) is 5.96. The molecule has 24 nitrogen and oxygen atoms in total. The minimum atomic E-state index is -5.74. The minimum absolute atomic E-state index is 0. The summed E-state index contributed by atoms with van der Waals surface area (Å²) in [5.41, 5.74) is 0. The molecule has 3 rings (SSSR count). The van der Waals surface area contributed by atoms with Crippen LogP contribution in [0.15, 0.2) is 0 Å². The first-order valence-electron chi connectivity index (χ1n) is 13.8. The van der Waals surface area contributed by atoms with Gasteiger partial charge in [0.2, 0.25) is 31.2 Å². The quantitative estimate of drug-likeness (QED) is 0.0506. The molecule has 3 fully saturated rings. The van der Waals surface area contributed by atoms with E-state index in [0.717, 1.165) is 0 Å². The Kier molecular flexibility index (Phi) is 23.3. The third kappa shape index (κ3) is 15.8. The molecule has 0 aromatic rings. The van der Waals surface area contributed by atoms with Crippen molar-refractivity contribution in [2.24, 2.45) is 0 Å². The van der Waals surface area contributed by atoms with E-state index in [2.05, 4.69) is 12.5 Å². The van der Waals surface area contributed by atoms with E-state index < -0.39 is 137 Å². The van der Waals surface area contributed by atoms with Crippen molar-refractivity contribution in [2.75, 3.05) is 19.8 Å². The third-order valence-electron chi connectivity index (χ3n) is 7.12. The Labute approximate surface area is 359 Å². The van der Waals surface area contributed by atoms with Crippen molar-refractivity contribution in [3.05, 3.63) is 0 Å². The third-order valence-corrected chi connectivity index (χ3v) is 8.42. The van der Waals surface area contributed by atoms with Crippen molar-refractivity contribution < 1.29 is 199 Å². The number of rotatable bonds is 15. The van der Waals surface area contributed by atoms with E-state index in [1.165, 1.54) is 6.92 Å². The fourth-order valence-electron chi connectivity index (χ4n) is 4.86. The molecule has 3 aliphatic heterocycles. The predicted octanol–water partition coefficient (Wildman–Crippen LogP) is -15.6. The standard InChI is InChI=1S/C21H38O24S3.3Na/c1-3-4-37-19-15(27)18(44-20-13(25)12(24)10(22)7(2)40-20)16(9(42-19)6-39-47(31,32)33)43-21-14(26)17(45-48(34,35)36)11(23)8(41-21)5-38-46(28,29)30;;;/h7-27H,3-6H2,1-2H3,(H,28,29,30)(H,31,32,33)(H,34,35,36);;;/q;3*+1/p-3/t7-,8+,9+,10+,11-,12+,13-,14+,15+,16+,17-,18+,19+,20-,21-;;;/m0.../s1. The number of ether oxygens (including phenoxy) is 6. The zero-order chi connectivity index (χ0) is 36.4. The van der Waals surface area contributed by atoms with Crippen LogP contribution in [0.1, 0.15) is 20.3 Å². The molecule has 0 aromatic carbocycles. The number of hydrogen-bond acceptors (Lipinski definition) is 24. The molecule has 0 saturated carbocycles. The second kappa shape index (κ2) is 22.3. The van der Waals surface area contributed by atoms with Crippen molar-refractivity contribution in [1.29, 1.82) is 0 Å². The van der Waals surface area contributed by atoms with Gasteiger partial charge in [-0.3, -0.25) is 12.5 Å². The topological polar surface area (TPSA) is 376 Å². The van der Waals surface area contributed by atoms with Gasteiger partial charge in [0, 0.05) is 6.61 Å². The van der Waals surface area contributed by atoms with Crippen molar-refractivity contribution in [3.8, 4) is 0 Å².